The highest BCUT2D eigenvalue weighted by atomic mass is 32.1. The second-order valence-electron chi connectivity index (χ2n) is 3.99. The van der Waals surface area contributed by atoms with Gasteiger partial charge in [0.2, 0.25) is 0 Å². The molecule has 3 N–H and O–H groups in total. The van der Waals surface area contributed by atoms with Crippen molar-refractivity contribution >= 4 is 34.1 Å². The number of carbonyl (C=O) groups is 3. The average Bonchev–Trinajstić information content (AvgIpc) is 2.86. The molecule has 1 unspecified atom stereocenters. The Bertz CT molecular complexity index is 780. The molecule has 0 saturated carbocycles. The summed E-state index contributed by atoms with van der Waals surface area (Å²) in [6, 6.07) is -1.63. The number of nitrogens with zero attached hydrogens (tertiary/aromatic N) is 2. The number of amides is 1. The van der Waals surface area contributed by atoms with Crippen molar-refractivity contribution in [2.75, 3.05) is 0 Å². The van der Waals surface area contributed by atoms with Gasteiger partial charge in [0.1, 0.15) is 11.6 Å². The largest absolute Gasteiger partial charge is 0.481 e. The van der Waals surface area contributed by atoms with E-state index in [1.807, 2.05) is 5.32 Å². The van der Waals surface area contributed by atoms with Crippen molar-refractivity contribution < 1.29 is 24.6 Å². The summed E-state index contributed by atoms with van der Waals surface area (Å²) >= 11 is 1.20. The molecular formula is C11H9N3O6S. The zero-order valence-electron chi connectivity index (χ0n) is 10.3. The molecule has 0 aromatic carbocycles. The Kier molecular flexibility index (Phi) is 3.98. The van der Waals surface area contributed by atoms with E-state index in [9.17, 15) is 19.2 Å². The van der Waals surface area contributed by atoms with Crippen molar-refractivity contribution in [3.63, 3.8) is 0 Å². The number of hydrogen-bond acceptors (Lipinski definition) is 6. The summed E-state index contributed by atoms with van der Waals surface area (Å²) in [6.07, 6.45) is 1.66. The van der Waals surface area contributed by atoms with Gasteiger partial charge in [-0.1, -0.05) is 0 Å². The number of hydrogen-bond donors (Lipinski definition) is 3. The van der Waals surface area contributed by atoms with Crippen LogP contribution in [0, 0.1) is 0 Å². The van der Waals surface area contributed by atoms with E-state index in [-0.39, 0.29) is 5.56 Å². The lowest BCUT2D eigenvalue weighted by atomic mass is 10.2. The number of aliphatic carboxylic acids is 2. The van der Waals surface area contributed by atoms with Crippen LogP contribution in [0.2, 0.25) is 0 Å². The first-order valence-corrected chi connectivity index (χ1v) is 6.48. The standard InChI is InChI=1S/C11H9N3O6S/c15-7(16)3-6(10(19)20)13-8(17)5-4-12-11-14(9(5)18)1-2-21-11/h1-2,4,6H,3H2,(H,13,17)(H,15,16)(H,19,20). The fourth-order valence-electron chi connectivity index (χ4n) is 1.59. The molecule has 21 heavy (non-hydrogen) atoms. The molecule has 2 heterocycles. The van der Waals surface area contributed by atoms with Crippen LogP contribution in [-0.2, 0) is 9.59 Å². The summed E-state index contributed by atoms with van der Waals surface area (Å²) in [7, 11) is 0. The molecule has 110 valence electrons. The molecule has 10 heteroatoms. The first-order valence-electron chi connectivity index (χ1n) is 5.60. The van der Waals surface area contributed by atoms with Crippen LogP contribution in [0.15, 0.2) is 22.6 Å². The smallest absolute Gasteiger partial charge is 0.326 e. The maximum Gasteiger partial charge on any atom is 0.326 e. The van der Waals surface area contributed by atoms with Crippen molar-refractivity contribution in [2.45, 2.75) is 12.5 Å². The third kappa shape index (κ3) is 3.05. The predicted molar refractivity (Wildman–Crippen MR) is 70.5 cm³/mol. The fraction of sp³-hybridized carbons (Fsp3) is 0.182. The number of carboxylic acid groups (broad SMARTS) is 2. The van der Waals surface area contributed by atoms with Gasteiger partial charge in [0.15, 0.2) is 4.96 Å². The fourth-order valence-corrected chi connectivity index (χ4v) is 2.27. The summed E-state index contributed by atoms with van der Waals surface area (Å²) in [6.45, 7) is 0. The van der Waals surface area contributed by atoms with Crippen molar-refractivity contribution in [3.8, 4) is 0 Å². The Morgan fingerprint density at radius 3 is 2.71 bits per heavy atom. The monoisotopic (exact) mass is 311 g/mol. The van der Waals surface area contributed by atoms with Gasteiger partial charge in [-0.3, -0.25) is 18.8 Å². The van der Waals surface area contributed by atoms with E-state index in [2.05, 4.69) is 4.98 Å². The Labute approximate surface area is 120 Å². The molecular weight excluding hydrogens is 302 g/mol. The minimum atomic E-state index is -1.63. The van der Waals surface area contributed by atoms with E-state index >= 15 is 0 Å². The third-order valence-corrected chi connectivity index (χ3v) is 3.34. The Morgan fingerprint density at radius 2 is 2.10 bits per heavy atom. The summed E-state index contributed by atoms with van der Waals surface area (Å²) in [5.41, 5.74) is -1.01. The van der Waals surface area contributed by atoms with Crippen LogP contribution in [0.1, 0.15) is 16.8 Å². The summed E-state index contributed by atoms with van der Waals surface area (Å²) < 4.78 is 1.15. The Morgan fingerprint density at radius 1 is 1.38 bits per heavy atom. The van der Waals surface area contributed by atoms with Crippen molar-refractivity contribution in [2.24, 2.45) is 0 Å². The molecule has 0 aliphatic rings. The van der Waals surface area contributed by atoms with E-state index in [4.69, 9.17) is 10.2 Å². The minimum Gasteiger partial charge on any atom is -0.481 e. The van der Waals surface area contributed by atoms with Gasteiger partial charge < -0.3 is 15.5 Å². The predicted octanol–water partition coefficient (Wildman–Crippen LogP) is -0.586. The molecule has 2 aromatic rings. The maximum absolute atomic E-state index is 12.0. The van der Waals surface area contributed by atoms with Crippen molar-refractivity contribution in [1.82, 2.24) is 14.7 Å². The number of carbonyl (C=O) groups excluding carboxylic acids is 1. The van der Waals surface area contributed by atoms with Crippen LogP contribution in [0.5, 0.6) is 0 Å². The van der Waals surface area contributed by atoms with E-state index in [0.29, 0.717) is 4.96 Å². The van der Waals surface area contributed by atoms with Crippen LogP contribution < -0.4 is 10.9 Å². The number of fused-ring (bicyclic) bond motifs is 1. The van der Waals surface area contributed by atoms with Crippen LogP contribution in [0.3, 0.4) is 0 Å². The zero-order valence-corrected chi connectivity index (χ0v) is 11.2. The highest BCUT2D eigenvalue weighted by molar-refractivity contribution is 7.15. The minimum absolute atomic E-state index is 0.359. The molecule has 0 aliphatic carbocycles. The van der Waals surface area contributed by atoms with Crippen LogP contribution >= 0.6 is 11.3 Å². The van der Waals surface area contributed by atoms with E-state index in [1.165, 1.54) is 17.5 Å². The van der Waals surface area contributed by atoms with Gasteiger partial charge in [-0.15, -0.1) is 11.3 Å². The van der Waals surface area contributed by atoms with Crippen LogP contribution in [-0.4, -0.2) is 43.5 Å². The highest BCUT2D eigenvalue weighted by Gasteiger charge is 2.25. The number of nitrogens with one attached hydrogen (secondary N) is 1. The zero-order chi connectivity index (χ0) is 15.6. The molecule has 2 aromatic heterocycles. The van der Waals surface area contributed by atoms with Gasteiger partial charge in [-0.25, -0.2) is 9.78 Å². The van der Waals surface area contributed by atoms with Crippen molar-refractivity contribution in [3.05, 3.63) is 33.7 Å². The van der Waals surface area contributed by atoms with E-state index < -0.39 is 35.9 Å². The first-order chi connectivity index (χ1) is 9.90. The van der Waals surface area contributed by atoms with E-state index in [1.54, 1.807) is 5.38 Å². The van der Waals surface area contributed by atoms with Crippen molar-refractivity contribution in [1.29, 1.82) is 0 Å². The maximum atomic E-state index is 12.0. The third-order valence-electron chi connectivity index (χ3n) is 2.57. The Balaban J connectivity index is 2.29. The molecule has 0 bridgehead atoms. The van der Waals surface area contributed by atoms with Gasteiger partial charge in [0.25, 0.3) is 11.5 Å². The average molecular weight is 311 g/mol. The summed E-state index contributed by atoms with van der Waals surface area (Å²) in [5, 5.41) is 21.0. The number of rotatable bonds is 5. The van der Waals surface area contributed by atoms with Gasteiger partial charge in [-0.05, 0) is 0 Å². The molecule has 1 amide bonds. The second kappa shape index (κ2) is 5.71. The topological polar surface area (TPSA) is 138 Å². The number of aromatic nitrogens is 2. The first kappa shape index (κ1) is 14.7. The SMILES string of the molecule is O=C(O)CC(NC(=O)c1cnc2sccn2c1=O)C(=O)O. The van der Waals surface area contributed by atoms with Gasteiger partial charge in [-0.2, -0.15) is 0 Å². The Hall–Kier alpha value is -2.75. The molecule has 0 spiro atoms. The molecule has 0 radical (unpaired) electrons. The molecule has 0 saturated heterocycles. The van der Waals surface area contributed by atoms with Crippen LogP contribution in [0.25, 0.3) is 4.96 Å². The van der Waals surface area contributed by atoms with Gasteiger partial charge in [0.05, 0.1) is 6.42 Å². The highest BCUT2D eigenvalue weighted by Crippen LogP contribution is 2.06. The molecule has 1 atom stereocenters. The molecule has 0 aliphatic heterocycles. The summed E-state index contributed by atoms with van der Waals surface area (Å²) in [5.74, 6) is -3.87. The molecule has 9 nitrogen and oxygen atoms in total. The normalized spacial score (nSPS) is 12.0. The molecule has 0 fully saturated rings. The van der Waals surface area contributed by atoms with Gasteiger partial charge >= 0.3 is 11.9 Å². The lowest BCUT2D eigenvalue weighted by Crippen LogP contribution is -2.44. The van der Waals surface area contributed by atoms with Gasteiger partial charge in [0, 0.05) is 17.8 Å². The summed E-state index contributed by atoms with van der Waals surface area (Å²) in [4.78, 5) is 49.6. The lowest BCUT2D eigenvalue weighted by molar-refractivity contribution is -0.145. The number of thiazole rings is 1. The van der Waals surface area contributed by atoms with Crippen LogP contribution in [0.4, 0.5) is 0 Å². The lowest BCUT2D eigenvalue weighted by Gasteiger charge is -2.11. The second-order valence-corrected chi connectivity index (χ2v) is 4.87. The quantitative estimate of drug-likeness (QED) is 0.671. The van der Waals surface area contributed by atoms with E-state index in [0.717, 1.165) is 10.6 Å². The molecule has 2 rings (SSSR count). The number of carboxylic acids is 2.